The van der Waals surface area contributed by atoms with Gasteiger partial charge < -0.3 is 14.8 Å². The van der Waals surface area contributed by atoms with E-state index >= 15 is 0 Å². The number of carbonyl (C=O) groups excluding carboxylic acids is 2. The lowest BCUT2D eigenvalue weighted by molar-refractivity contribution is -0.113. The van der Waals surface area contributed by atoms with Gasteiger partial charge in [-0.1, -0.05) is 23.9 Å². The summed E-state index contributed by atoms with van der Waals surface area (Å²) in [7, 11) is 2.87. The highest BCUT2D eigenvalue weighted by Crippen LogP contribution is 2.35. The van der Waals surface area contributed by atoms with Gasteiger partial charge in [0.2, 0.25) is 5.91 Å². The molecule has 8 nitrogen and oxygen atoms in total. The molecule has 0 spiro atoms. The third-order valence-corrected chi connectivity index (χ3v) is 7.41. The van der Waals surface area contributed by atoms with Crippen LogP contribution in [0.4, 0.5) is 5.69 Å². The number of thioether (sulfide) groups is 1. The fourth-order valence-electron chi connectivity index (χ4n) is 3.74. The molecule has 4 rings (SSSR count). The highest BCUT2D eigenvalue weighted by atomic mass is 32.2. The number of amides is 1. The fourth-order valence-corrected chi connectivity index (χ4v) is 5.87. The molecular formula is C22H23N3O5S2. The van der Waals surface area contributed by atoms with Crippen molar-refractivity contribution in [1.29, 1.82) is 0 Å². The second-order valence-corrected chi connectivity index (χ2v) is 9.28. The number of carbonyl (C=O) groups is 2. The van der Waals surface area contributed by atoms with E-state index in [1.807, 2.05) is 0 Å². The number of benzene rings is 1. The number of para-hydroxylation sites is 1. The van der Waals surface area contributed by atoms with Gasteiger partial charge in [-0.25, -0.2) is 9.78 Å². The van der Waals surface area contributed by atoms with Gasteiger partial charge in [-0.05, 0) is 37.0 Å². The summed E-state index contributed by atoms with van der Waals surface area (Å²) in [4.78, 5) is 44.5. The molecule has 0 bridgehead atoms. The van der Waals surface area contributed by atoms with E-state index in [1.54, 1.807) is 47.3 Å². The van der Waals surface area contributed by atoms with Crippen molar-refractivity contribution in [2.75, 3.05) is 31.9 Å². The standard InChI is InChI=1S/C22H23N3O5S2/c1-29-11-10-25-20(27)18-14-7-5-9-16(14)32-19(18)24-22(25)31-12-17(26)23-15-8-4-3-6-13(15)21(28)30-2/h3-4,6,8H,5,7,9-12H2,1-2H3,(H,23,26). The predicted octanol–water partition coefficient (Wildman–Crippen LogP) is 3.11. The van der Waals surface area contributed by atoms with Crippen LogP contribution in [0.5, 0.6) is 0 Å². The Hall–Kier alpha value is -2.69. The van der Waals surface area contributed by atoms with Crippen molar-refractivity contribution in [3.05, 3.63) is 50.6 Å². The summed E-state index contributed by atoms with van der Waals surface area (Å²) < 4.78 is 11.5. The summed E-state index contributed by atoms with van der Waals surface area (Å²) in [6, 6.07) is 6.65. The first-order valence-corrected chi connectivity index (χ1v) is 12.0. The highest BCUT2D eigenvalue weighted by molar-refractivity contribution is 7.99. The average molecular weight is 474 g/mol. The Balaban J connectivity index is 1.57. The SMILES string of the molecule is COCCn1c(SCC(=O)Nc2ccccc2C(=O)OC)nc2sc3c(c2c1=O)CCC3. The zero-order valence-corrected chi connectivity index (χ0v) is 19.4. The van der Waals surface area contributed by atoms with E-state index in [4.69, 9.17) is 14.5 Å². The molecule has 2 aromatic heterocycles. The van der Waals surface area contributed by atoms with Crippen LogP contribution in [0.15, 0.2) is 34.2 Å². The molecule has 168 valence electrons. The second-order valence-electron chi connectivity index (χ2n) is 7.26. The number of rotatable bonds is 8. The van der Waals surface area contributed by atoms with Crippen LogP contribution in [0.3, 0.4) is 0 Å². The van der Waals surface area contributed by atoms with Crippen LogP contribution in [0.1, 0.15) is 27.2 Å². The number of fused-ring (bicyclic) bond motifs is 3. The van der Waals surface area contributed by atoms with Gasteiger partial charge >= 0.3 is 5.97 Å². The van der Waals surface area contributed by atoms with Crippen molar-refractivity contribution in [2.45, 2.75) is 31.0 Å². The van der Waals surface area contributed by atoms with Crippen molar-refractivity contribution >= 4 is 50.9 Å². The maximum absolute atomic E-state index is 13.3. The van der Waals surface area contributed by atoms with Crippen LogP contribution in [-0.2, 0) is 33.7 Å². The summed E-state index contributed by atoms with van der Waals surface area (Å²) in [5, 5.41) is 3.93. The zero-order chi connectivity index (χ0) is 22.7. The Bertz CT molecular complexity index is 1230. The first-order valence-electron chi connectivity index (χ1n) is 10.2. The summed E-state index contributed by atoms with van der Waals surface area (Å²) in [6.07, 6.45) is 2.96. The molecule has 0 fully saturated rings. The van der Waals surface area contributed by atoms with Gasteiger partial charge in [0.05, 0.1) is 42.7 Å². The Kier molecular flexibility index (Phi) is 6.92. The highest BCUT2D eigenvalue weighted by Gasteiger charge is 2.23. The van der Waals surface area contributed by atoms with Crippen LogP contribution in [-0.4, -0.2) is 48.0 Å². The van der Waals surface area contributed by atoms with Gasteiger partial charge in [0.25, 0.3) is 5.56 Å². The van der Waals surface area contributed by atoms with Crippen LogP contribution in [0.2, 0.25) is 0 Å². The molecule has 1 aliphatic carbocycles. The number of methoxy groups -OCH3 is 2. The van der Waals surface area contributed by atoms with Crippen LogP contribution < -0.4 is 10.9 Å². The van der Waals surface area contributed by atoms with Crippen molar-refractivity contribution in [1.82, 2.24) is 9.55 Å². The number of anilines is 1. The van der Waals surface area contributed by atoms with Gasteiger partial charge in [-0.3, -0.25) is 14.2 Å². The Morgan fingerprint density at radius 1 is 1.25 bits per heavy atom. The van der Waals surface area contributed by atoms with E-state index in [0.717, 1.165) is 29.7 Å². The van der Waals surface area contributed by atoms with E-state index in [1.165, 1.54) is 23.7 Å². The fraction of sp³-hybridized carbons (Fsp3) is 0.364. The minimum atomic E-state index is -0.528. The minimum absolute atomic E-state index is 0.0333. The predicted molar refractivity (Wildman–Crippen MR) is 125 cm³/mol. The van der Waals surface area contributed by atoms with Crippen molar-refractivity contribution in [2.24, 2.45) is 0 Å². The average Bonchev–Trinajstić information content (AvgIpc) is 3.38. The summed E-state index contributed by atoms with van der Waals surface area (Å²) in [5.74, 6) is -0.807. The lowest BCUT2D eigenvalue weighted by Gasteiger charge is -2.13. The van der Waals surface area contributed by atoms with Gasteiger partial charge in [0.15, 0.2) is 5.16 Å². The van der Waals surface area contributed by atoms with Gasteiger partial charge in [-0.2, -0.15) is 0 Å². The molecule has 3 aromatic rings. The van der Waals surface area contributed by atoms with E-state index in [9.17, 15) is 14.4 Å². The summed E-state index contributed by atoms with van der Waals surface area (Å²) >= 11 is 2.76. The number of hydrogen-bond donors (Lipinski definition) is 1. The molecule has 1 aromatic carbocycles. The molecule has 0 saturated carbocycles. The molecule has 0 aliphatic heterocycles. The van der Waals surface area contributed by atoms with Crippen molar-refractivity contribution < 1.29 is 19.1 Å². The molecule has 1 aliphatic rings. The van der Waals surface area contributed by atoms with Crippen molar-refractivity contribution in [3.8, 4) is 0 Å². The Morgan fingerprint density at radius 2 is 2.06 bits per heavy atom. The number of esters is 1. The molecule has 1 amide bonds. The van der Waals surface area contributed by atoms with Crippen LogP contribution in [0.25, 0.3) is 10.2 Å². The van der Waals surface area contributed by atoms with E-state index in [-0.39, 0.29) is 22.8 Å². The first kappa shape index (κ1) is 22.5. The maximum atomic E-state index is 13.3. The molecule has 0 atom stereocenters. The largest absolute Gasteiger partial charge is 0.465 e. The normalized spacial score (nSPS) is 12.7. The number of aromatic nitrogens is 2. The third kappa shape index (κ3) is 4.43. The summed E-state index contributed by atoms with van der Waals surface area (Å²) in [5.41, 5.74) is 1.70. The number of nitrogens with one attached hydrogen (secondary N) is 1. The Morgan fingerprint density at radius 3 is 2.84 bits per heavy atom. The van der Waals surface area contributed by atoms with E-state index in [0.29, 0.717) is 29.4 Å². The number of thiophene rings is 1. The van der Waals surface area contributed by atoms with Crippen molar-refractivity contribution in [3.63, 3.8) is 0 Å². The molecule has 32 heavy (non-hydrogen) atoms. The van der Waals surface area contributed by atoms with E-state index in [2.05, 4.69) is 5.32 Å². The molecular weight excluding hydrogens is 450 g/mol. The van der Waals surface area contributed by atoms with Gasteiger partial charge in [0, 0.05) is 12.0 Å². The molecule has 0 unspecified atom stereocenters. The molecule has 0 saturated heterocycles. The summed E-state index contributed by atoms with van der Waals surface area (Å²) in [6.45, 7) is 0.726. The third-order valence-electron chi connectivity index (χ3n) is 5.25. The molecule has 1 N–H and O–H groups in total. The van der Waals surface area contributed by atoms with Gasteiger partial charge in [-0.15, -0.1) is 11.3 Å². The number of nitrogens with zero attached hydrogens (tertiary/aromatic N) is 2. The first-order chi connectivity index (χ1) is 15.5. The minimum Gasteiger partial charge on any atom is -0.465 e. The number of ether oxygens (including phenoxy) is 2. The van der Waals surface area contributed by atoms with E-state index < -0.39 is 5.97 Å². The Labute approximate surface area is 192 Å². The van der Waals surface area contributed by atoms with Crippen LogP contribution in [0, 0.1) is 0 Å². The monoisotopic (exact) mass is 473 g/mol. The smallest absolute Gasteiger partial charge is 0.339 e. The maximum Gasteiger partial charge on any atom is 0.339 e. The molecule has 0 radical (unpaired) electrons. The van der Waals surface area contributed by atoms with Crippen LogP contribution >= 0.6 is 23.1 Å². The lowest BCUT2D eigenvalue weighted by atomic mass is 10.2. The molecule has 2 heterocycles. The zero-order valence-electron chi connectivity index (χ0n) is 17.8. The quantitative estimate of drug-likeness (QED) is 0.305. The number of aryl methyl sites for hydroxylation is 2. The second kappa shape index (κ2) is 9.85. The topological polar surface area (TPSA) is 99.5 Å². The lowest BCUT2D eigenvalue weighted by Crippen LogP contribution is -2.26. The molecule has 10 heteroatoms. The van der Waals surface area contributed by atoms with Gasteiger partial charge in [0.1, 0.15) is 4.83 Å². The number of hydrogen-bond acceptors (Lipinski definition) is 8.